The van der Waals surface area contributed by atoms with Crippen LogP contribution in [-0.4, -0.2) is 28.5 Å². The molecular weight excluding hydrogens is 282 g/mol. The van der Waals surface area contributed by atoms with Crippen molar-refractivity contribution < 1.29 is 14.3 Å². The van der Waals surface area contributed by atoms with Crippen LogP contribution >= 0.6 is 0 Å². The molecule has 1 atom stereocenters. The Labute approximate surface area is 126 Å². The van der Waals surface area contributed by atoms with Crippen molar-refractivity contribution in [2.24, 2.45) is 0 Å². The van der Waals surface area contributed by atoms with Crippen LogP contribution in [0.5, 0.6) is 0 Å². The molecule has 4 rings (SSSR count). The molecule has 0 unspecified atom stereocenters. The lowest BCUT2D eigenvalue weighted by Gasteiger charge is -2.36. The number of hydrogen-bond donors (Lipinski definition) is 0. The zero-order chi connectivity index (χ0) is 15.1. The van der Waals surface area contributed by atoms with Gasteiger partial charge >= 0.3 is 0 Å². The number of hydrogen-bond acceptors (Lipinski definition) is 6. The van der Waals surface area contributed by atoms with E-state index in [2.05, 4.69) is 9.97 Å². The number of anilines is 1. The Kier molecular flexibility index (Phi) is 2.96. The van der Waals surface area contributed by atoms with Gasteiger partial charge in [-0.3, -0.25) is 0 Å². The first kappa shape index (κ1) is 13.1. The Morgan fingerprint density at radius 2 is 2.14 bits per heavy atom. The van der Waals surface area contributed by atoms with Gasteiger partial charge < -0.3 is 19.2 Å². The van der Waals surface area contributed by atoms with Crippen molar-refractivity contribution >= 4 is 33.9 Å². The summed E-state index contributed by atoms with van der Waals surface area (Å²) in [7, 11) is 0. The van der Waals surface area contributed by atoms with E-state index in [0.29, 0.717) is 29.9 Å². The number of benzene rings is 1. The fraction of sp³-hybridized carbons (Fsp3) is 0.312. The molecule has 112 valence electrons. The molecule has 3 aromatic rings. The van der Waals surface area contributed by atoms with Gasteiger partial charge in [-0.1, -0.05) is 12.1 Å². The molecule has 1 aliphatic heterocycles. The molecule has 1 fully saturated rings. The van der Waals surface area contributed by atoms with Gasteiger partial charge in [0, 0.05) is 11.9 Å². The first-order valence-electron chi connectivity index (χ1n) is 7.35. The van der Waals surface area contributed by atoms with Crippen LogP contribution in [0, 0.1) is 0 Å². The molecule has 0 aliphatic carbocycles. The third kappa shape index (κ3) is 1.91. The number of carbonyl (C=O) groups is 1. The summed E-state index contributed by atoms with van der Waals surface area (Å²) in [6.45, 7) is 0.627. The maximum Gasteiger partial charge on any atom is 0.196 e. The highest BCUT2D eigenvalue weighted by Crippen LogP contribution is 2.34. The highest BCUT2D eigenvalue weighted by atomic mass is 16.4. The number of rotatable bonds is 2. The van der Waals surface area contributed by atoms with Gasteiger partial charge in [0.1, 0.15) is 17.4 Å². The van der Waals surface area contributed by atoms with E-state index in [-0.39, 0.29) is 0 Å². The summed E-state index contributed by atoms with van der Waals surface area (Å²) >= 11 is 0. The van der Waals surface area contributed by atoms with Crippen molar-refractivity contribution in [2.75, 3.05) is 11.4 Å². The molecule has 6 heteroatoms. The number of nitrogens with zero attached hydrogens (tertiary/aromatic N) is 3. The van der Waals surface area contributed by atoms with E-state index >= 15 is 0 Å². The molecule has 3 heterocycles. The number of aromatic nitrogens is 2. The fourth-order valence-electron chi connectivity index (χ4n) is 3.15. The summed E-state index contributed by atoms with van der Waals surface area (Å²) < 4.78 is 5.88. The maximum atomic E-state index is 11.4. The molecule has 0 N–H and O–H groups in total. The van der Waals surface area contributed by atoms with Crippen LogP contribution < -0.4 is 10.0 Å². The normalized spacial score (nSPS) is 18.9. The fourth-order valence-corrected chi connectivity index (χ4v) is 3.15. The Hall–Kier alpha value is -2.63. The van der Waals surface area contributed by atoms with E-state index in [1.54, 1.807) is 4.90 Å². The van der Waals surface area contributed by atoms with Crippen molar-refractivity contribution in [1.29, 1.82) is 0 Å². The van der Waals surface area contributed by atoms with Gasteiger partial charge in [0.05, 0.1) is 12.0 Å². The average Bonchev–Trinajstić information content (AvgIpc) is 2.93. The summed E-state index contributed by atoms with van der Waals surface area (Å²) in [4.78, 5) is 21.8. The van der Waals surface area contributed by atoms with E-state index in [1.165, 1.54) is 6.33 Å². The Bertz CT molecular complexity index is 858. The van der Waals surface area contributed by atoms with Gasteiger partial charge in [0.2, 0.25) is 0 Å². The monoisotopic (exact) mass is 296 g/mol. The Morgan fingerprint density at radius 3 is 3.00 bits per heavy atom. The van der Waals surface area contributed by atoms with Crippen LogP contribution in [0.3, 0.4) is 0 Å². The number of carboxylic acids is 1. The molecule has 2 aromatic heterocycles. The summed E-state index contributed by atoms with van der Waals surface area (Å²) in [6, 6.07) is 6.95. The summed E-state index contributed by atoms with van der Waals surface area (Å²) in [5.74, 6) is -0.530. The molecule has 0 saturated carbocycles. The molecule has 0 amide bonds. The Balaban J connectivity index is 1.92. The van der Waals surface area contributed by atoms with Gasteiger partial charge in [-0.2, -0.15) is 0 Å². The highest BCUT2D eigenvalue weighted by Gasteiger charge is 2.27. The van der Waals surface area contributed by atoms with E-state index in [4.69, 9.17) is 4.42 Å². The highest BCUT2D eigenvalue weighted by molar-refractivity contribution is 6.05. The van der Waals surface area contributed by atoms with Gasteiger partial charge in [-0.05, 0) is 31.4 Å². The van der Waals surface area contributed by atoms with Crippen LogP contribution in [-0.2, 0) is 4.79 Å². The second kappa shape index (κ2) is 4.98. The van der Waals surface area contributed by atoms with Crippen LogP contribution in [0.2, 0.25) is 0 Å². The van der Waals surface area contributed by atoms with Crippen LogP contribution in [0.4, 0.5) is 5.82 Å². The number of para-hydroxylation sites is 1. The van der Waals surface area contributed by atoms with E-state index in [0.717, 1.165) is 23.8 Å². The second-order valence-corrected chi connectivity index (χ2v) is 5.50. The molecule has 1 aliphatic rings. The van der Waals surface area contributed by atoms with E-state index < -0.39 is 12.0 Å². The molecule has 1 aromatic carbocycles. The molecular formula is C16H14N3O3-. The van der Waals surface area contributed by atoms with Crippen LogP contribution in [0.1, 0.15) is 19.3 Å². The number of fused-ring (bicyclic) bond motifs is 3. The minimum Gasteiger partial charge on any atom is -0.548 e. The largest absolute Gasteiger partial charge is 0.548 e. The predicted molar refractivity (Wildman–Crippen MR) is 79.3 cm³/mol. The number of piperidine rings is 1. The molecule has 6 nitrogen and oxygen atoms in total. The molecule has 1 saturated heterocycles. The van der Waals surface area contributed by atoms with Crippen molar-refractivity contribution in [2.45, 2.75) is 25.3 Å². The molecule has 0 radical (unpaired) electrons. The number of aliphatic carboxylic acids is 1. The summed E-state index contributed by atoms with van der Waals surface area (Å²) in [5.41, 5.74) is 1.97. The first-order chi connectivity index (χ1) is 10.8. The lowest BCUT2D eigenvalue weighted by atomic mass is 10.0. The van der Waals surface area contributed by atoms with E-state index in [1.807, 2.05) is 24.3 Å². The lowest BCUT2D eigenvalue weighted by molar-refractivity contribution is -0.307. The van der Waals surface area contributed by atoms with Gasteiger partial charge in [-0.15, -0.1) is 0 Å². The topological polar surface area (TPSA) is 82.3 Å². The molecule has 0 spiro atoms. The third-order valence-corrected chi connectivity index (χ3v) is 4.19. The zero-order valence-corrected chi connectivity index (χ0v) is 11.9. The quantitative estimate of drug-likeness (QED) is 0.712. The average molecular weight is 296 g/mol. The number of carbonyl (C=O) groups excluding carboxylic acids is 1. The van der Waals surface area contributed by atoms with Crippen molar-refractivity contribution in [1.82, 2.24) is 9.97 Å². The number of furan rings is 1. The van der Waals surface area contributed by atoms with Crippen LogP contribution in [0.25, 0.3) is 22.1 Å². The first-order valence-corrected chi connectivity index (χ1v) is 7.35. The van der Waals surface area contributed by atoms with Crippen LogP contribution in [0.15, 0.2) is 35.0 Å². The standard InChI is InChI=1S/C16H15N3O3/c20-16(21)11-6-3-4-8-19(11)15-14-13(17-9-18-15)10-5-1-2-7-12(10)22-14/h1-2,5,7,9,11H,3-4,6,8H2,(H,20,21)/p-1/t11-/m1/s1. The van der Waals surface area contributed by atoms with Gasteiger partial charge in [0.15, 0.2) is 11.4 Å². The SMILES string of the molecule is O=C([O-])[C@H]1CCCCN1c1ncnc2c1oc1ccccc12. The minimum atomic E-state index is -1.07. The van der Waals surface area contributed by atoms with Crippen molar-refractivity contribution in [3.05, 3.63) is 30.6 Å². The van der Waals surface area contributed by atoms with Crippen molar-refractivity contribution in [3.8, 4) is 0 Å². The van der Waals surface area contributed by atoms with Gasteiger partial charge in [-0.25, -0.2) is 9.97 Å². The second-order valence-electron chi connectivity index (χ2n) is 5.50. The van der Waals surface area contributed by atoms with Gasteiger partial charge in [0.25, 0.3) is 0 Å². The maximum absolute atomic E-state index is 11.4. The minimum absolute atomic E-state index is 0.537. The Morgan fingerprint density at radius 1 is 1.27 bits per heavy atom. The smallest absolute Gasteiger partial charge is 0.196 e. The summed E-state index contributed by atoms with van der Waals surface area (Å²) in [6.07, 6.45) is 3.83. The van der Waals surface area contributed by atoms with E-state index in [9.17, 15) is 9.90 Å². The zero-order valence-electron chi connectivity index (χ0n) is 11.9. The summed E-state index contributed by atoms with van der Waals surface area (Å²) in [5, 5.41) is 12.3. The number of carboxylic acid groups (broad SMARTS) is 1. The lowest BCUT2D eigenvalue weighted by Crippen LogP contribution is -2.51. The predicted octanol–water partition coefficient (Wildman–Crippen LogP) is 1.48. The van der Waals surface area contributed by atoms with Crippen molar-refractivity contribution in [3.63, 3.8) is 0 Å². The molecule has 22 heavy (non-hydrogen) atoms. The third-order valence-electron chi connectivity index (χ3n) is 4.19. The molecule has 0 bridgehead atoms.